The lowest BCUT2D eigenvalue weighted by atomic mass is 10.1. The van der Waals surface area contributed by atoms with Crippen LogP contribution in [0.15, 0.2) is 24.3 Å². The molecule has 1 heteroatoms. The number of hydrogen-bond donors (Lipinski definition) is 0. The molecule has 0 unspecified atom stereocenters. The van der Waals surface area contributed by atoms with Crippen LogP contribution in [-0.4, -0.2) is 0 Å². The van der Waals surface area contributed by atoms with Gasteiger partial charge in [-0.3, -0.25) is 0 Å². The summed E-state index contributed by atoms with van der Waals surface area (Å²) >= 11 is 0. The average Bonchev–Trinajstić information content (AvgIpc) is 2.26. The topological polar surface area (TPSA) is 23.8 Å². The molecule has 84 valence electrons. The summed E-state index contributed by atoms with van der Waals surface area (Å²) in [7, 11) is 0. The van der Waals surface area contributed by atoms with E-state index in [1.54, 1.807) is 0 Å². The van der Waals surface area contributed by atoms with Crippen LogP contribution in [0.2, 0.25) is 0 Å². The summed E-state index contributed by atoms with van der Waals surface area (Å²) in [5.41, 5.74) is 0. The van der Waals surface area contributed by atoms with Crippen LogP contribution < -0.4 is 0 Å². The predicted octanol–water partition coefficient (Wildman–Crippen LogP) is 4.76. The van der Waals surface area contributed by atoms with E-state index in [-0.39, 0.29) is 0 Å². The highest BCUT2D eigenvalue weighted by molar-refractivity contribution is 4.85. The summed E-state index contributed by atoms with van der Waals surface area (Å²) in [6.45, 7) is 2.08. The number of allylic oxidation sites excluding steroid dienone is 4. The molecule has 0 bridgehead atoms. The maximum Gasteiger partial charge on any atom is 0.0624 e. The summed E-state index contributed by atoms with van der Waals surface area (Å²) in [6, 6.07) is 2.14. The molecule has 0 aliphatic heterocycles. The first-order valence-corrected chi connectivity index (χ1v) is 6.05. The van der Waals surface area contributed by atoms with Gasteiger partial charge in [-0.05, 0) is 39.0 Å². The quantitative estimate of drug-likeness (QED) is 0.393. The smallest absolute Gasteiger partial charge is 0.0624 e. The second-order valence-electron chi connectivity index (χ2n) is 3.73. The van der Waals surface area contributed by atoms with Gasteiger partial charge in [-0.2, -0.15) is 5.26 Å². The van der Waals surface area contributed by atoms with Crippen molar-refractivity contribution in [1.82, 2.24) is 0 Å². The third-order valence-electron chi connectivity index (χ3n) is 2.32. The molecular formula is C14H23N. The first-order chi connectivity index (χ1) is 7.41. The lowest BCUT2D eigenvalue weighted by Crippen LogP contribution is -1.76. The third-order valence-corrected chi connectivity index (χ3v) is 2.32. The molecule has 0 saturated heterocycles. The molecule has 0 aliphatic rings. The van der Waals surface area contributed by atoms with Crippen molar-refractivity contribution in [3.63, 3.8) is 0 Å². The summed E-state index contributed by atoms with van der Waals surface area (Å²) in [5, 5.41) is 8.32. The summed E-state index contributed by atoms with van der Waals surface area (Å²) in [4.78, 5) is 0. The van der Waals surface area contributed by atoms with E-state index in [0.717, 1.165) is 6.42 Å². The van der Waals surface area contributed by atoms with Gasteiger partial charge in [0.05, 0.1) is 6.07 Å². The Morgan fingerprint density at radius 2 is 1.47 bits per heavy atom. The Bertz CT molecular complexity index is 208. The second kappa shape index (κ2) is 13.0. The van der Waals surface area contributed by atoms with Crippen LogP contribution in [0.4, 0.5) is 0 Å². The van der Waals surface area contributed by atoms with Crippen LogP contribution in [0.5, 0.6) is 0 Å². The highest BCUT2D eigenvalue weighted by Gasteiger charge is 1.87. The molecule has 0 rings (SSSR count). The minimum Gasteiger partial charge on any atom is -0.198 e. The van der Waals surface area contributed by atoms with E-state index in [2.05, 4.69) is 37.3 Å². The molecule has 0 aliphatic carbocycles. The molecule has 0 spiro atoms. The third kappa shape index (κ3) is 13.0. The van der Waals surface area contributed by atoms with E-state index >= 15 is 0 Å². The van der Waals surface area contributed by atoms with Gasteiger partial charge in [-0.1, -0.05) is 37.1 Å². The molecule has 0 atom stereocenters. The standard InChI is InChI=1S/C14H23N/c1-2-3-4-5-6-7-8-9-10-11-12-13-14-15/h2-3,10-11H,4-9,12-13H2,1H3/b3-2+,11-10+. The molecule has 0 aromatic carbocycles. The SMILES string of the molecule is C/C=C/CCCCCC/C=C/CCC#N. The van der Waals surface area contributed by atoms with Crippen LogP contribution in [-0.2, 0) is 0 Å². The highest BCUT2D eigenvalue weighted by Crippen LogP contribution is 2.06. The Labute approximate surface area is 94.5 Å². The van der Waals surface area contributed by atoms with Crippen LogP contribution >= 0.6 is 0 Å². The van der Waals surface area contributed by atoms with E-state index in [1.165, 1.54) is 38.5 Å². The first-order valence-electron chi connectivity index (χ1n) is 6.05. The van der Waals surface area contributed by atoms with Crippen molar-refractivity contribution in [3.8, 4) is 6.07 Å². The maximum atomic E-state index is 8.32. The maximum absolute atomic E-state index is 8.32. The zero-order valence-corrected chi connectivity index (χ0v) is 9.91. The number of nitriles is 1. The zero-order valence-electron chi connectivity index (χ0n) is 9.91. The Kier molecular flexibility index (Phi) is 12.1. The molecule has 15 heavy (non-hydrogen) atoms. The van der Waals surface area contributed by atoms with Gasteiger partial charge >= 0.3 is 0 Å². The van der Waals surface area contributed by atoms with E-state index < -0.39 is 0 Å². The van der Waals surface area contributed by atoms with Crippen LogP contribution in [0, 0.1) is 11.3 Å². The number of rotatable bonds is 9. The van der Waals surface area contributed by atoms with E-state index in [9.17, 15) is 0 Å². The average molecular weight is 205 g/mol. The minimum atomic E-state index is 0.653. The van der Waals surface area contributed by atoms with Crippen LogP contribution in [0.25, 0.3) is 0 Å². The van der Waals surface area contributed by atoms with Gasteiger partial charge in [-0.25, -0.2) is 0 Å². The Morgan fingerprint density at radius 3 is 2.07 bits per heavy atom. The van der Waals surface area contributed by atoms with E-state index in [0.29, 0.717) is 6.42 Å². The number of nitrogens with zero attached hydrogens (tertiary/aromatic N) is 1. The molecule has 0 heterocycles. The second-order valence-corrected chi connectivity index (χ2v) is 3.73. The number of unbranched alkanes of at least 4 members (excludes halogenated alkanes) is 6. The summed E-state index contributed by atoms with van der Waals surface area (Å²) < 4.78 is 0. The molecule has 0 amide bonds. The van der Waals surface area contributed by atoms with Crippen molar-refractivity contribution < 1.29 is 0 Å². The van der Waals surface area contributed by atoms with Crippen molar-refractivity contribution in [2.75, 3.05) is 0 Å². The van der Waals surface area contributed by atoms with Crippen molar-refractivity contribution in [2.45, 2.75) is 58.3 Å². The number of hydrogen-bond acceptors (Lipinski definition) is 1. The van der Waals surface area contributed by atoms with E-state index in [4.69, 9.17) is 5.26 Å². The Morgan fingerprint density at radius 1 is 0.867 bits per heavy atom. The van der Waals surface area contributed by atoms with E-state index in [1.807, 2.05) is 0 Å². The lowest BCUT2D eigenvalue weighted by molar-refractivity contribution is 0.651. The van der Waals surface area contributed by atoms with Gasteiger partial charge in [0.25, 0.3) is 0 Å². The lowest BCUT2D eigenvalue weighted by Gasteiger charge is -1.96. The van der Waals surface area contributed by atoms with Gasteiger partial charge < -0.3 is 0 Å². The molecule has 0 N–H and O–H groups in total. The van der Waals surface area contributed by atoms with Crippen molar-refractivity contribution in [2.24, 2.45) is 0 Å². The van der Waals surface area contributed by atoms with Gasteiger partial charge in [0.15, 0.2) is 0 Å². The zero-order chi connectivity index (χ0) is 11.2. The fourth-order valence-electron chi connectivity index (χ4n) is 1.43. The van der Waals surface area contributed by atoms with Crippen molar-refractivity contribution in [1.29, 1.82) is 5.26 Å². The minimum absolute atomic E-state index is 0.653. The molecule has 0 aromatic rings. The molecule has 0 fully saturated rings. The van der Waals surface area contributed by atoms with Crippen LogP contribution in [0.1, 0.15) is 58.3 Å². The molecule has 0 aromatic heterocycles. The molecule has 0 saturated carbocycles. The van der Waals surface area contributed by atoms with Crippen molar-refractivity contribution >= 4 is 0 Å². The van der Waals surface area contributed by atoms with Gasteiger partial charge in [-0.15, -0.1) is 0 Å². The van der Waals surface area contributed by atoms with Gasteiger partial charge in [0.2, 0.25) is 0 Å². The van der Waals surface area contributed by atoms with Crippen LogP contribution in [0.3, 0.4) is 0 Å². The van der Waals surface area contributed by atoms with Gasteiger partial charge in [0, 0.05) is 6.42 Å². The Balaban J connectivity index is 3.05. The fourth-order valence-corrected chi connectivity index (χ4v) is 1.43. The highest BCUT2D eigenvalue weighted by atomic mass is 14.2. The molecule has 1 nitrogen and oxygen atoms in total. The molecular weight excluding hydrogens is 182 g/mol. The Hall–Kier alpha value is -1.03. The summed E-state index contributed by atoms with van der Waals surface area (Å²) in [5.74, 6) is 0. The largest absolute Gasteiger partial charge is 0.198 e. The van der Waals surface area contributed by atoms with Gasteiger partial charge in [0.1, 0.15) is 0 Å². The summed E-state index contributed by atoms with van der Waals surface area (Å²) in [6.07, 6.45) is 18.0. The monoisotopic (exact) mass is 205 g/mol. The fraction of sp³-hybridized carbons (Fsp3) is 0.643. The first kappa shape index (κ1) is 14.0. The van der Waals surface area contributed by atoms with Crippen molar-refractivity contribution in [3.05, 3.63) is 24.3 Å². The normalized spacial score (nSPS) is 11.2. The predicted molar refractivity (Wildman–Crippen MR) is 66.5 cm³/mol. The molecule has 0 radical (unpaired) electrons.